The van der Waals surface area contributed by atoms with E-state index in [0.29, 0.717) is 11.8 Å². The maximum atomic E-state index is 5.57. The van der Waals surface area contributed by atoms with Gasteiger partial charge in [0.05, 0.1) is 0 Å². The Labute approximate surface area is 101 Å². The van der Waals surface area contributed by atoms with Crippen molar-refractivity contribution in [1.82, 2.24) is 9.36 Å². The largest absolute Gasteiger partial charge is 0.360 e. The molecule has 5 heteroatoms. The number of nitrogens with one attached hydrogen (secondary N) is 1. The monoisotopic (exact) mass is 240 g/mol. The van der Waals surface area contributed by atoms with Crippen LogP contribution in [0.25, 0.3) is 0 Å². The molecule has 0 aromatic carbocycles. The fourth-order valence-electron chi connectivity index (χ4n) is 1.73. The summed E-state index contributed by atoms with van der Waals surface area (Å²) in [6.07, 6.45) is 4.78. The summed E-state index contributed by atoms with van der Waals surface area (Å²) in [6.45, 7) is 3.94. The molecule has 4 nitrogen and oxygen atoms in total. The van der Waals surface area contributed by atoms with Crippen LogP contribution in [0.15, 0.2) is 0 Å². The molecular weight excluding hydrogens is 220 g/mol. The molecule has 90 valence electrons. The molecule has 16 heavy (non-hydrogen) atoms. The predicted molar refractivity (Wildman–Crippen MR) is 67.8 cm³/mol. The van der Waals surface area contributed by atoms with Crippen LogP contribution in [0.3, 0.4) is 0 Å². The van der Waals surface area contributed by atoms with Gasteiger partial charge >= 0.3 is 0 Å². The molecule has 3 N–H and O–H groups in total. The highest BCUT2D eigenvalue weighted by atomic mass is 32.1. The van der Waals surface area contributed by atoms with E-state index in [4.69, 9.17) is 5.73 Å². The van der Waals surface area contributed by atoms with E-state index >= 15 is 0 Å². The Balaban J connectivity index is 1.78. The summed E-state index contributed by atoms with van der Waals surface area (Å²) in [6, 6.07) is 0. The smallest absolute Gasteiger partial charge is 0.202 e. The van der Waals surface area contributed by atoms with Gasteiger partial charge in [-0.1, -0.05) is 13.3 Å². The van der Waals surface area contributed by atoms with Crippen LogP contribution < -0.4 is 11.1 Å². The lowest BCUT2D eigenvalue weighted by molar-refractivity contribution is 0.501. The van der Waals surface area contributed by atoms with Crippen molar-refractivity contribution in [2.45, 2.75) is 38.5 Å². The SMILES string of the molecule is CCC(CCN)CNc1nc(C2CC2)ns1. The lowest BCUT2D eigenvalue weighted by Crippen LogP contribution is -2.17. The standard InChI is InChI=1S/C11H20N4S/c1-2-8(5-6-12)7-13-11-14-10(15-16-11)9-3-4-9/h8-9H,2-7,12H2,1H3,(H,13,14,15). The van der Waals surface area contributed by atoms with Crippen LogP contribution >= 0.6 is 11.5 Å². The summed E-state index contributed by atoms with van der Waals surface area (Å²) in [5.74, 6) is 2.34. The second-order valence-electron chi connectivity index (χ2n) is 4.46. The van der Waals surface area contributed by atoms with Crippen molar-refractivity contribution < 1.29 is 0 Å². The molecule has 0 saturated heterocycles. The fraction of sp³-hybridized carbons (Fsp3) is 0.818. The highest BCUT2D eigenvalue weighted by Crippen LogP contribution is 2.39. The predicted octanol–water partition coefficient (Wildman–Crippen LogP) is 2.20. The topological polar surface area (TPSA) is 63.8 Å². The van der Waals surface area contributed by atoms with Crippen LogP contribution in [-0.4, -0.2) is 22.4 Å². The van der Waals surface area contributed by atoms with Crippen LogP contribution in [0.1, 0.15) is 44.3 Å². The summed E-state index contributed by atoms with van der Waals surface area (Å²) in [5, 5.41) is 4.34. The Bertz CT molecular complexity index is 322. The van der Waals surface area contributed by atoms with Crippen LogP contribution in [0, 0.1) is 5.92 Å². The Morgan fingerprint density at radius 2 is 2.38 bits per heavy atom. The van der Waals surface area contributed by atoms with E-state index < -0.39 is 0 Å². The molecule has 0 spiro atoms. The van der Waals surface area contributed by atoms with Crippen LogP contribution in [-0.2, 0) is 0 Å². The minimum Gasteiger partial charge on any atom is -0.360 e. The van der Waals surface area contributed by atoms with E-state index in [1.54, 1.807) is 0 Å². The first-order valence-corrected chi connectivity index (χ1v) is 6.88. The third kappa shape index (κ3) is 3.15. The molecule has 1 atom stereocenters. The lowest BCUT2D eigenvalue weighted by Gasteiger charge is -2.13. The van der Waals surface area contributed by atoms with Gasteiger partial charge in [-0.3, -0.25) is 0 Å². The van der Waals surface area contributed by atoms with Crippen molar-refractivity contribution >= 4 is 16.7 Å². The van der Waals surface area contributed by atoms with Gasteiger partial charge in [0.2, 0.25) is 5.13 Å². The van der Waals surface area contributed by atoms with Crippen LogP contribution in [0.5, 0.6) is 0 Å². The van der Waals surface area contributed by atoms with Crippen LogP contribution in [0.2, 0.25) is 0 Å². The molecule has 1 aromatic heterocycles. The zero-order valence-corrected chi connectivity index (χ0v) is 10.6. The summed E-state index contributed by atoms with van der Waals surface area (Å²) in [4.78, 5) is 4.50. The number of hydrogen-bond donors (Lipinski definition) is 2. The molecule has 2 rings (SSSR count). The van der Waals surface area contributed by atoms with Crippen LogP contribution in [0.4, 0.5) is 5.13 Å². The lowest BCUT2D eigenvalue weighted by atomic mass is 10.0. The number of rotatable bonds is 7. The molecule has 1 aliphatic rings. The fourth-order valence-corrected chi connectivity index (χ4v) is 2.38. The van der Waals surface area contributed by atoms with Gasteiger partial charge in [0.15, 0.2) is 0 Å². The number of aromatic nitrogens is 2. The quantitative estimate of drug-likeness (QED) is 0.767. The molecule has 0 aliphatic heterocycles. The molecule has 1 unspecified atom stereocenters. The van der Waals surface area contributed by atoms with Crippen molar-refractivity contribution in [3.63, 3.8) is 0 Å². The highest BCUT2D eigenvalue weighted by molar-refractivity contribution is 7.09. The minimum atomic E-state index is 0.651. The van der Waals surface area contributed by atoms with Gasteiger partial charge in [-0.15, -0.1) is 0 Å². The van der Waals surface area contributed by atoms with Crippen molar-refractivity contribution in [2.24, 2.45) is 11.7 Å². The zero-order chi connectivity index (χ0) is 11.4. The summed E-state index contributed by atoms with van der Waals surface area (Å²) in [5.41, 5.74) is 5.57. The Morgan fingerprint density at radius 3 is 3.00 bits per heavy atom. The van der Waals surface area contributed by atoms with Gasteiger partial charge in [-0.05, 0) is 31.7 Å². The van der Waals surface area contributed by atoms with E-state index in [2.05, 4.69) is 21.6 Å². The molecule has 0 radical (unpaired) electrons. The van der Waals surface area contributed by atoms with Gasteiger partial charge in [0.25, 0.3) is 0 Å². The van der Waals surface area contributed by atoms with Gasteiger partial charge in [-0.2, -0.15) is 4.37 Å². The second kappa shape index (κ2) is 5.59. The van der Waals surface area contributed by atoms with Crippen molar-refractivity contribution in [2.75, 3.05) is 18.4 Å². The van der Waals surface area contributed by atoms with Gasteiger partial charge in [0, 0.05) is 24.0 Å². The van der Waals surface area contributed by atoms with E-state index in [9.17, 15) is 0 Å². The maximum absolute atomic E-state index is 5.57. The number of anilines is 1. The second-order valence-corrected chi connectivity index (χ2v) is 5.22. The molecular formula is C11H20N4S. The molecule has 0 bridgehead atoms. The first-order chi connectivity index (χ1) is 7.83. The minimum absolute atomic E-state index is 0.651. The average molecular weight is 240 g/mol. The third-order valence-corrected chi connectivity index (χ3v) is 3.77. The summed E-state index contributed by atoms with van der Waals surface area (Å²) in [7, 11) is 0. The Kier molecular flexibility index (Phi) is 4.12. The molecule has 1 aliphatic carbocycles. The average Bonchev–Trinajstić information content (AvgIpc) is 3.04. The first-order valence-electron chi connectivity index (χ1n) is 6.11. The summed E-state index contributed by atoms with van der Waals surface area (Å²) >= 11 is 1.48. The normalized spacial score (nSPS) is 17.4. The third-order valence-electron chi connectivity index (χ3n) is 3.08. The van der Waals surface area contributed by atoms with Gasteiger partial charge in [-0.25, -0.2) is 4.98 Å². The number of nitrogens with two attached hydrogens (primary N) is 1. The van der Waals surface area contributed by atoms with Gasteiger partial charge in [0.1, 0.15) is 5.82 Å². The molecule has 1 aromatic rings. The Morgan fingerprint density at radius 1 is 1.56 bits per heavy atom. The van der Waals surface area contributed by atoms with E-state index in [1.165, 1.54) is 30.8 Å². The maximum Gasteiger partial charge on any atom is 0.202 e. The van der Waals surface area contributed by atoms with E-state index in [-0.39, 0.29) is 0 Å². The van der Waals surface area contributed by atoms with Crippen molar-refractivity contribution in [1.29, 1.82) is 0 Å². The first kappa shape index (κ1) is 11.8. The summed E-state index contributed by atoms with van der Waals surface area (Å²) < 4.78 is 4.37. The number of hydrogen-bond acceptors (Lipinski definition) is 5. The van der Waals surface area contributed by atoms with E-state index in [1.807, 2.05) is 0 Å². The molecule has 1 heterocycles. The van der Waals surface area contributed by atoms with E-state index in [0.717, 1.165) is 30.5 Å². The zero-order valence-electron chi connectivity index (χ0n) is 9.78. The van der Waals surface area contributed by atoms with Crippen molar-refractivity contribution in [3.05, 3.63) is 5.82 Å². The van der Waals surface area contributed by atoms with Gasteiger partial charge < -0.3 is 11.1 Å². The molecule has 0 amide bonds. The molecule has 1 saturated carbocycles. The molecule has 1 fully saturated rings. The Hall–Kier alpha value is -0.680. The van der Waals surface area contributed by atoms with Crippen molar-refractivity contribution in [3.8, 4) is 0 Å². The number of nitrogens with zero attached hydrogens (tertiary/aromatic N) is 2. The highest BCUT2D eigenvalue weighted by Gasteiger charge is 2.27.